The molecule has 116 valence electrons. The summed E-state index contributed by atoms with van der Waals surface area (Å²) in [6, 6.07) is 7.84. The van der Waals surface area contributed by atoms with Crippen LogP contribution in [-0.2, 0) is 5.41 Å². The molecule has 2 rings (SSSR count). The Morgan fingerprint density at radius 3 is 2.55 bits per heavy atom. The third kappa shape index (κ3) is 3.75. The van der Waals surface area contributed by atoms with E-state index in [0.29, 0.717) is 10.9 Å². The van der Waals surface area contributed by atoms with E-state index in [1.165, 1.54) is 16.4 Å². The van der Waals surface area contributed by atoms with Crippen molar-refractivity contribution in [1.82, 2.24) is 14.9 Å². The highest BCUT2D eigenvalue weighted by Crippen LogP contribution is 2.17. The third-order valence-corrected chi connectivity index (χ3v) is 4.52. The van der Waals surface area contributed by atoms with Crippen LogP contribution in [0.2, 0.25) is 0 Å². The van der Waals surface area contributed by atoms with Crippen LogP contribution in [0.1, 0.15) is 32.0 Å². The maximum atomic E-state index is 12.6. The fourth-order valence-electron chi connectivity index (χ4n) is 1.76. The van der Waals surface area contributed by atoms with E-state index in [4.69, 9.17) is 0 Å². The maximum absolute atomic E-state index is 12.6. The van der Waals surface area contributed by atoms with Crippen molar-refractivity contribution < 1.29 is 0 Å². The lowest BCUT2D eigenvalue weighted by atomic mass is 9.93. The standard InChI is InChI=1S/C15H17IN4OS/c1-15(2,3)12-13(21)20(14(22-4)19-18-12)17-9-10-7-5-6-8-11(10)16/h5-9H,1-4H3. The van der Waals surface area contributed by atoms with Gasteiger partial charge in [0.2, 0.25) is 5.16 Å². The highest BCUT2D eigenvalue weighted by molar-refractivity contribution is 14.1. The van der Waals surface area contributed by atoms with E-state index in [0.717, 1.165) is 9.13 Å². The van der Waals surface area contributed by atoms with Gasteiger partial charge in [0.15, 0.2) is 0 Å². The lowest BCUT2D eigenvalue weighted by molar-refractivity contribution is 0.510. The molecule has 0 bridgehead atoms. The number of thioether (sulfide) groups is 1. The Labute approximate surface area is 147 Å². The molecule has 1 heterocycles. The molecule has 0 radical (unpaired) electrons. The molecule has 0 saturated heterocycles. The monoisotopic (exact) mass is 428 g/mol. The molecular weight excluding hydrogens is 411 g/mol. The number of aromatic nitrogens is 3. The van der Waals surface area contributed by atoms with Gasteiger partial charge in [-0.05, 0) is 34.9 Å². The van der Waals surface area contributed by atoms with E-state index < -0.39 is 0 Å². The van der Waals surface area contributed by atoms with Crippen LogP contribution in [-0.4, -0.2) is 27.3 Å². The van der Waals surface area contributed by atoms with Crippen molar-refractivity contribution in [1.29, 1.82) is 0 Å². The second-order valence-corrected chi connectivity index (χ2v) is 7.60. The van der Waals surface area contributed by atoms with E-state index in [9.17, 15) is 4.79 Å². The Hall–Kier alpha value is -1.22. The van der Waals surface area contributed by atoms with Crippen LogP contribution in [0.5, 0.6) is 0 Å². The zero-order chi connectivity index (χ0) is 16.3. The number of hydrogen-bond acceptors (Lipinski definition) is 5. The number of halogens is 1. The van der Waals surface area contributed by atoms with Gasteiger partial charge in [-0.15, -0.1) is 10.2 Å². The van der Waals surface area contributed by atoms with Crippen LogP contribution in [0.4, 0.5) is 0 Å². The van der Waals surface area contributed by atoms with Crippen molar-refractivity contribution in [2.24, 2.45) is 5.10 Å². The first-order chi connectivity index (χ1) is 10.3. The second kappa shape index (κ2) is 6.91. The van der Waals surface area contributed by atoms with Crippen LogP contribution >= 0.6 is 34.4 Å². The number of nitrogens with zero attached hydrogens (tertiary/aromatic N) is 4. The zero-order valence-electron chi connectivity index (χ0n) is 12.9. The van der Waals surface area contributed by atoms with Crippen LogP contribution in [0.3, 0.4) is 0 Å². The Kier molecular flexibility index (Phi) is 5.38. The average molecular weight is 428 g/mol. The molecule has 5 nitrogen and oxygen atoms in total. The summed E-state index contributed by atoms with van der Waals surface area (Å²) in [4.78, 5) is 12.6. The minimum atomic E-state index is -0.376. The van der Waals surface area contributed by atoms with Gasteiger partial charge in [-0.3, -0.25) is 4.79 Å². The van der Waals surface area contributed by atoms with E-state index in [1.807, 2.05) is 51.3 Å². The lowest BCUT2D eigenvalue weighted by Gasteiger charge is -2.16. The molecule has 0 fully saturated rings. The fourth-order valence-corrected chi connectivity index (χ4v) is 2.72. The van der Waals surface area contributed by atoms with Gasteiger partial charge in [0, 0.05) is 14.5 Å². The summed E-state index contributed by atoms with van der Waals surface area (Å²) in [5.41, 5.74) is 0.759. The average Bonchev–Trinajstić information content (AvgIpc) is 2.45. The Morgan fingerprint density at radius 1 is 1.27 bits per heavy atom. The first kappa shape index (κ1) is 17.1. The second-order valence-electron chi connectivity index (χ2n) is 5.67. The summed E-state index contributed by atoms with van der Waals surface area (Å²) < 4.78 is 2.39. The molecule has 0 aliphatic heterocycles. The quantitative estimate of drug-likeness (QED) is 0.428. The van der Waals surface area contributed by atoms with E-state index in [-0.39, 0.29) is 11.0 Å². The molecule has 0 amide bonds. The summed E-state index contributed by atoms with van der Waals surface area (Å²) in [6.07, 6.45) is 3.52. The summed E-state index contributed by atoms with van der Waals surface area (Å²) in [5.74, 6) is 0. The molecule has 0 unspecified atom stereocenters. The molecule has 22 heavy (non-hydrogen) atoms. The molecule has 0 N–H and O–H groups in total. The smallest absolute Gasteiger partial charge is 0.265 e. The van der Waals surface area contributed by atoms with Gasteiger partial charge in [0.05, 0.1) is 6.21 Å². The minimum absolute atomic E-state index is 0.228. The number of hydrogen-bond donors (Lipinski definition) is 0. The molecular formula is C15H17IN4OS. The summed E-state index contributed by atoms with van der Waals surface area (Å²) >= 11 is 3.58. The lowest BCUT2D eigenvalue weighted by Crippen LogP contribution is -2.32. The summed E-state index contributed by atoms with van der Waals surface area (Å²) in [7, 11) is 0. The predicted molar refractivity (Wildman–Crippen MR) is 98.9 cm³/mol. The molecule has 0 aliphatic rings. The maximum Gasteiger partial charge on any atom is 0.297 e. The first-order valence-corrected chi connectivity index (χ1v) is 8.98. The summed E-state index contributed by atoms with van der Waals surface area (Å²) in [5, 5.41) is 13.0. The normalized spacial score (nSPS) is 12.0. The Bertz CT molecular complexity index is 765. The van der Waals surface area contributed by atoms with Crippen molar-refractivity contribution >= 4 is 40.6 Å². The van der Waals surface area contributed by atoms with Gasteiger partial charge in [-0.1, -0.05) is 50.7 Å². The van der Waals surface area contributed by atoms with Gasteiger partial charge in [-0.25, -0.2) is 0 Å². The number of rotatable bonds is 3. The largest absolute Gasteiger partial charge is 0.297 e. The molecule has 0 atom stereocenters. The van der Waals surface area contributed by atoms with Crippen LogP contribution in [0.15, 0.2) is 39.3 Å². The van der Waals surface area contributed by atoms with Crippen molar-refractivity contribution in [2.75, 3.05) is 6.26 Å². The van der Waals surface area contributed by atoms with Crippen molar-refractivity contribution in [3.8, 4) is 0 Å². The topological polar surface area (TPSA) is 60.1 Å². The molecule has 2 aromatic rings. The third-order valence-electron chi connectivity index (χ3n) is 2.92. The highest BCUT2D eigenvalue weighted by atomic mass is 127. The van der Waals surface area contributed by atoms with E-state index in [1.54, 1.807) is 6.21 Å². The molecule has 0 aliphatic carbocycles. The van der Waals surface area contributed by atoms with Gasteiger partial charge < -0.3 is 0 Å². The Balaban J connectivity index is 2.55. The zero-order valence-corrected chi connectivity index (χ0v) is 15.8. The minimum Gasteiger partial charge on any atom is -0.265 e. The Morgan fingerprint density at radius 2 is 1.95 bits per heavy atom. The van der Waals surface area contributed by atoms with Crippen LogP contribution in [0.25, 0.3) is 0 Å². The highest BCUT2D eigenvalue weighted by Gasteiger charge is 2.23. The molecule has 0 saturated carbocycles. The van der Waals surface area contributed by atoms with Gasteiger partial charge in [0.1, 0.15) is 5.69 Å². The van der Waals surface area contributed by atoms with E-state index >= 15 is 0 Å². The van der Waals surface area contributed by atoms with Crippen LogP contribution < -0.4 is 5.56 Å². The number of benzene rings is 1. The predicted octanol–water partition coefficient (Wildman–Crippen LogP) is 3.14. The van der Waals surface area contributed by atoms with Crippen LogP contribution in [0, 0.1) is 3.57 Å². The van der Waals surface area contributed by atoms with Gasteiger partial charge in [-0.2, -0.15) is 9.78 Å². The summed E-state index contributed by atoms with van der Waals surface area (Å²) in [6.45, 7) is 5.81. The SMILES string of the molecule is CSc1nnc(C(C)(C)C)c(=O)n1N=Cc1ccccc1I. The first-order valence-electron chi connectivity index (χ1n) is 6.67. The van der Waals surface area contributed by atoms with Gasteiger partial charge in [0.25, 0.3) is 5.56 Å². The van der Waals surface area contributed by atoms with Crippen molar-refractivity contribution in [2.45, 2.75) is 31.3 Å². The van der Waals surface area contributed by atoms with Gasteiger partial charge >= 0.3 is 0 Å². The molecule has 1 aromatic heterocycles. The fraction of sp³-hybridized carbons (Fsp3) is 0.333. The van der Waals surface area contributed by atoms with Crippen molar-refractivity contribution in [3.63, 3.8) is 0 Å². The molecule has 7 heteroatoms. The van der Waals surface area contributed by atoms with Crippen molar-refractivity contribution in [3.05, 3.63) is 49.4 Å². The molecule has 1 aromatic carbocycles. The van der Waals surface area contributed by atoms with E-state index in [2.05, 4.69) is 37.9 Å². The molecule has 0 spiro atoms.